The van der Waals surface area contributed by atoms with Crippen molar-refractivity contribution in [3.8, 4) is 0 Å². The van der Waals surface area contributed by atoms with E-state index >= 15 is 0 Å². The average molecular weight is 337 g/mol. The molecule has 1 aliphatic rings. The number of thiophene rings is 1. The van der Waals surface area contributed by atoms with Gasteiger partial charge in [-0.3, -0.25) is 0 Å². The number of piperidine rings is 1. The highest BCUT2D eigenvalue weighted by molar-refractivity contribution is 7.88. The zero-order valence-corrected chi connectivity index (χ0v) is 14.0. The quantitative estimate of drug-likeness (QED) is 0.810. The number of nitrogens with one attached hydrogen (secondary N) is 1. The summed E-state index contributed by atoms with van der Waals surface area (Å²) in [5.74, 6) is 0.422. The zero-order chi connectivity index (χ0) is 14.6. The molecule has 0 saturated carbocycles. The number of sulfonamides is 1. The Labute approximate surface area is 130 Å². The fourth-order valence-corrected chi connectivity index (χ4v) is 4.53. The van der Waals surface area contributed by atoms with Crippen molar-refractivity contribution < 1.29 is 8.42 Å². The summed E-state index contributed by atoms with van der Waals surface area (Å²) in [6, 6.07) is 3.98. The van der Waals surface area contributed by atoms with Crippen molar-refractivity contribution in [1.29, 1.82) is 0 Å². The van der Waals surface area contributed by atoms with Crippen molar-refractivity contribution in [2.24, 2.45) is 5.92 Å². The number of halogens is 1. The van der Waals surface area contributed by atoms with Crippen molar-refractivity contribution in [2.45, 2.75) is 19.3 Å². The zero-order valence-electron chi connectivity index (χ0n) is 11.6. The Bertz CT molecular complexity index is 530. The summed E-state index contributed by atoms with van der Waals surface area (Å²) in [4.78, 5) is 1.28. The maximum Gasteiger partial charge on any atom is 0.211 e. The lowest BCUT2D eigenvalue weighted by atomic mass is 10.00. The van der Waals surface area contributed by atoms with Crippen LogP contribution in [0.15, 0.2) is 12.1 Å². The molecule has 1 fully saturated rings. The van der Waals surface area contributed by atoms with Crippen molar-refractivity contribution >= 4 is 33.0 Å². The van der Waals surface area contributed by atoms with E-state index in [9.17, 15) is 8.42 Å². The normalized spacial score (nSPS) is 21.2. The minimum absolute atomic E-state index is 0.422. The maximum atomic E-state index is 11.5. The first-order chi connectivity index (χ1) is 9.45. The van der Waals surface area contributed by atoms with Gasteiger partial charge in [0.25, 0.3) is 0 Å². The molecule has 0 radical (unpaired) electrons. The Morgan fingerprint density at radius 1 is 1.50 bits per heavy atom. The molecule has 1 atom stereocenters. The Hall–Kier alpha value is -0.140. The van der Waals surface area contributed by atoms with Gasteiger partial charge in [-0.2, -0.15) is 0 Å². The third kappa shape index (κ3) is 5.00. The van der Waals surface area contributed by atoms with Crippen LogP contribution in [0.5, 0.6) is 0 Å². The molecule has 114 valence electrons. The highest BCUT2D eigenvalue weighted by Crippen LogP contribution is 2.21. The standard InChI is InChI=1S/C13H21ClN2O2S2/c1-20(17,18)16-8-2-3-11(10-16)9-15-7-6-12-4-5-13(14)19-12/h4-5,11,15H,2-3,6-10H2,1H3. The van der Waals surface area contributed by atoms with Crippen LogP contribution in [0.25, 0.3) is 0 Å². The molecule has 20 heavy (non-hydrogen) atoms. The van der Waals surface area contributed by atoms with E-state index in [1.54, 1.807) is 15.6 Å². The molecular formula is C13H21ClN2O2S2. The molecule has 1 aromatic rings. The molecule has 1 saturated heterocycles. The number of nitrogens with zero attached hydrogens (tertiary/aromatic N) is 1. The van der Waals surface area contributed by atoms with E-state index in [1.165, 1.54) is 11.1 Å². The number of hydrogen-bond acceptors (Lipinski definition) is 4. The molecule has 0 amide bonds. The van der Waals surface area contributed by atoms with Gasteiger partial charge < -0.3 is 5.32 Å². The molecule has 2 heterocycles. The van der Waals surface area contributed by atoms with Crippen molar-refractivity contribution in [2.75, 3.05) is 32.4 Å². The topological polar surface area (TPSA) is 49.4 Å². The third-order valence-electron chi connectivity index (χ3n) is 3.56. The Kier molecular flexibility index (Phi) is 5.86. The van der Waals surface area contributed by atoms with Crippen molar-refractivity contribution in [1.82, 2.24) is 9.62 Å². The highest BCUT2D eigenvalue weighted by Gasteiger charge is 2.25. The molecular weight excluding hydrogens is 316 g/mol. The lowest BCUT2D eigenvalue weighted by molar-refractivity contribution is 0.262. The second-order valence-electron chi connectivity index (χ2n) is 5.29. The Morgan fingerprint density at radius 2 is 2.30 bits per heavy atom. The third-order valence-corrected chi connectivity index (χ3v) is 6.12. The van der Waals surface area contributed by atoms with Crippen LogP contribution in [-0.4, -0.2) is 45.2 Å². The van der Waals surface area contributed by atoms with Gasteiger partial charge in [-0.05, 0) is 50.4 Å². The summed E-state index contributed by atoms with van der Waals surface area (Å²) in [6.45, 7) is 3.11. The molecule has 1 aliphatic heterocycles. The highest BCUT2D eigenvalue weighted by atomic mass is 35.5. The van der Waals surface area contributed by atoms with Crippen LogP contribution in [0.2, 0.25) is 4.34 Å². The fourth-order valence-electron chi connectivity index (χ4n) is 2.50. The molecule has 2 rings (SSSR count). The number of hydrogen-bond donors (Lipinski definition) is 1. The molecule has 1 N–H and O–H groups in total. The van der Waals surface area contributed by atoms with Gasteiger partial charge in [0.2, 0.25) is 10.0 Å². The van der Waals surface area contributed by atoms with Crippen LogP contribution in [0.3, 0.4) is 0 Å². The summed E-state index contributed by atoms with van der Waals surface area (Å²) in [5, 5.41) is 3.43. The van der Waals surface area contributed by atoms with E-state index < -0.39 is 10.0 Å². The molecule has 4 nitrogen and oxygen atoms in total. The first-order valence-corrected chi connectivity index (χ1v) is 9.89. The first-order valence-electron chi connectivity index (χ1n) is 6.85. The minimum Gasteiger partial charge on any atom is -0.316 e. The van der Waals surface area contributed by atoms with Crippen LogP contribution in [-0.2, 0) is 16.4 Å². The van der Waals surface area contributed by atoms with E-state index in [0.29, 0.717) is 19.0 Å². The van der Waals surface area contributed by atoms with E-state index in [1.807, 2.05) is 6.07 Å². The lowest BCUT2D eigenvalue weighted by Crippen LogP contribution is -2.42. The van der Waals surface area contributed by atoms with Gasteiger partial charge in [0, 0.05) is 18.0 Å². The van der Waals surface area contributed by atoms with Gasteiger partial charge >= 0.3 is 0 Å². The number of rotatable bonds is 6. The van der Waals surface area contributed by atoms with E-state index in [-0.39, 0.29) is 0 Å². The minimum atomic E-state index is -3.04. The largest absolute Gasteiger partial charge is 0.316 e. The van der Waals surface area contributed by atoms with Gasteiger partial charge in [-0.15, -0.1) is 11.3 Å². The van der Waals surface area contributed by atoms with Crippen LogP contribution >= 0.6 is 22.9 Å². The van der Waals surface area contributed by atoms with Crippen LogP contribution < -0.4 is 5.32 Å². The molecule has 0 bridgehead atoms. The Balaban J connectivity index is 1.69. The van der Waals surface area contributed by atoms with E-state index in [0.717, 1.165) is 36.7 Å². The Morgan fingerprint density at radius 3 is 2.95 bits per heavy atom. The summed E-state index contributed by atoms with van der Waals surface area (Å²) in [6.07, 6.45) is 4.33. The van der Waals surface area contributed by atoms with Gasteiger partial charge in [0.1, 0.15) is 0 Å². The van der Waals surface area contributed by atoms with Crippen LogP contribution in [0, 0.1) is 5.92 Å². The smallest absolute Gasteiger partial charge is 0.211 e. The van der Waals surface area contributed by atoms with Crippen molar-refractivity contribution in [3.63, 3.8) is 0 Å². The SMILES string of the molecule is CS(=O)(=O)N1CCCC(CNCCc2ccc(Cl)s2)C1. The predicted molar refractivity (Wildman–Crippen MR) is 85.0 cm³/mol. The fraction of sp³-hybridized carbons (Fsp3) is 0.692. The molecule has 1 unspecified atom stereocenters. The second kappa shape index (κ2) is 7.22. The first kappa shape index (κ1) is 16.2. The molecule has 0 spiro atoms. The average Bonchev–Trinajstić information content (AvgIpc) is 2.80. The second-order valence-corrected chi connectivity index (χ2v) is 9.07. The summed E-state index contributed by atoms with van der Waals surface area (Å²) < 4.78 is 25.5. The van der Waals surface area contributed by atoms with E-state index in [2.05, 4.69) is 11.4 Å². The van der Waals surface area contributed by atoms with Gasteiger partial charge in [-0.25, -0.2) is 12.7 Å². The predicted octanol–water partition coefficient (Wildman–Crippen LogP) is 2.21. The summed E-state index contributed by atoms with van der Waals surface area (Å²) in [5.41, 5.74) is 0. The lowest BCUT2D eigenvalue weighted by Gasteiger charge is -2.31. The molecule has 0 aromatic carbocycles. The van der Waals surface area contributed by atoms with Crippen LogP contribution in [0.4, 0.5) is 0 Å². The summed E-state index contributed by atoms with van der Waals surface area (Å²) >= 11 is 7.50. The van der Waals surface area contributed by atoms with E-state index in [4.69, 9.17) is 11.6 Å². The van der Waals surface area contributed by atoms with Crippen molar-refractivity contribution in [3.05, 3.63) is 21.3 Å². The van der Waals surface area contributed by atoms with Gasteiger partial charge in [-0.1, -0.05) is 11.6 Å². The molecule has 7 heteroatoms. The maximum absolute atomic E-state index is 11.5. The monoisotopic (exact) mass is 336 g/mol. The molecule has 0 aliphatic carbocycles. The van der Waals surface area contributed by atoms with Crippen LogP contribution in [0.1, 0.15) is 17.7 Å². The van der Waals surface area contributed by atoms with Gasteiger partial charge in [0.05, 0.1) is 10.6 Å². The molecule has 1 aromatic heterocycles. The van der Waals surface area contributed by atoms with Gasteiger partial charge in [0.15, 0.2) is 0 Å². The summed E-state index contributed by atoms with van der Waals surface area (Å²) in [7, 11) is -3.04.